The van der Waals surface area contributed by atoms with Gasteiger partial charge in [-0.25, -0.2) is 4.98 Å². The Morgan fingerprint density at radius 2 is 2.24 bits per heavy atom. The average molecular weight is 231 g/mol. The summed E-state index contributed by atoms with van der Waals surface area (Å²) < 4.78 is 7.63. The quantitative estimate of drug-likeness (QED) is 0.878. The van der Waals surface area contributed by atoms with Crippen LogP contribution in [0.15, 0.2) is 30.5 Å². The van der Waals surface area contributed by atoms with Crippen molar-refractivity contribution in [1.29, 1.82) is 0 Å². The number of hydrogen-bond donors (Lipinski definition) is 1. The molecule has 1 aromatic carbocycles. The molecular weight excluding hydrogens is 214 g/mol. The number of nitrogen functional groups attached to an aromatic ring is 1. The minimum absolute atomic E-state index is 0.439. The molecule has 4 nitrogen and oxygen atoms in total. The van der Waals surface area contributed by atoms with E-state index in [1.54, 1.807) is 6.20 Å². The first kappa shape index (κ1) is 11.5. The first-order chi connectivity index (χ1) is 8.20. The minimum Gasteiger partial charge on any atom is -0.486 e. The van der Waals surface area contributed by atoms with E-state index in [2.05, 4.69) is 4.98 Å². The zero-order chi connectivity index (χ0) is 12.3. The molecule has 0 saturated heterocycles. The van der Waals surface area contributed by atoms with Crippen molar-refractivity contribution in [3.05, 3.63) is 41.9 Å². The third-order valence-electron chi connectivity index (χ3n) is 2.64. The van der Waals surface area contributed by atoms with Crippen molar-refractivity contribution in [2.24, 2.45) is 0 Å². The fourth-order valence-corrected chi connectivity index (χ4v) is 1.76. The van der Waals surface area contributed by atoms with Crippen molar-refractivity contribution < 1.29 is 4.74 Å². The van der Waals surface area contributed by atoms with E-state index >= 15 is 0 Å². The number of hydrogen-bond acceptors (Lipinski definition) is 3. The van der Waals surface area contributed by atoms with Crippen LogP contribution in [0.1, 0.15) is 18.3 Å². The van der Waals surface area contributed by atoms with E-state index in [4.69, 9.17) is 10.5 Å². The molecule has 1 aromatic heterocycles. The van der Waals surface area contributed by atoms with Crippen LogP contribution in [0.25, 0.3) is 0 Å². The predicted molar refractivity (Wildman–Crippen MR) is 67.8 cm³/mol. The molecule has 0 saturated carbocycles. The van der Waals surface area contributed by atoms with E-state index in [0.29, 0.717) is 12.4 Å². The molecule has 0 aliphatic heterocycles. The second kappa shape index (κ2) is 4.91. The molecule has 0 fully saturated rings. The van der Waals surface area contributed by atoms with Crippen LogP contribution in [0.5, 0.6) is 5.75 Å². The molecule has 0 bridgehead atoms. The van der Waals surface area contributed by atoms with Crippen LogP contribution in [0.3, 0.4) is 0 Å². The highest BCUT2D eigenvalue weighted by molar-refractivity contribution is 5.29. The van der Waals surface area contributed by atoms with E-state index in [1.807, 2.05) is 42.7 Å². The van der Waals surface area contributed by atoms with Crippen LogP contribution in [-0.2, 0) is 13.2 Å². The summed E-state index contributed by atoms with van der Waals surface area (Å²) in [6.45, 7) is 5.32. The number of imidazole rings is 1. The van der Waals surface area contributed by atoms with Crippen molar-refractivity contribution >= 4 is 5.82 Å². The molecule has 0 spiro atoms. The predicted octanol–water partition coefficient (Wildman–Crippen LogP) is 2.37. The molecule has 17 heavy (non-hydrogen) atoms. The monoisotopic (exact) mass is 231 g/mol. The zero-order valence-electron chi connectivity index (χ0n) is 10.2. The third-order valence-corrected chi connectivity index (χ3v) is 2.64. The number of benzene rings is 1. The Morgan fingerprint density at radius 3 is 2.94 bits per heavy atom. The van der Waals surface area contributed by atoms with E-state index in [0.717, 1.165) is 18.1 Å². The lowest BCUT2D eigenvalue weighted by molar-refractivity contribution is 0.290. The maximum Gasteiger partial charge on any atom is 0.148 e. The zero-order valence-corrected chi connectivity index (χ0v) is 10.2. The van der Waals surface area contributed by atoms with Crippen molar-refractivity contribution in [1.82, 2.24) is 9.55 Å². The lowest BCUT2D eigenvalue weighted by Crippen LogP contribution is -2.08. The van der Waals surface area contributed by atoms with Gasteiger partial charge in [-0.15, -0.1) is 0 Å². The maximum atomic E-state index is 5.79. The molecule has 0 atom stereocenters. The van der Waals surface area contributed by atoms with Crippen LogP contribution in [0.2, 0.25) is 0 Å². The van der Waals surface area contributed by atoms with Gasteiger partial charge in [-0.05, 0) is 31.5 Å². The van der Waals surface area contributed by atoms with Crippen molar-refractivity contribution in [2.75, 3.05) is 5.73 Å². The standard InChI is InChI=1S/C13H17N3O/c1-3-16-12(14)8-15-13(16)9-17-11-6-4-5-10(2)7-11/h4-8H,3,9,14H2,1-2H3. The second-order valence-corrected chi connectivity index (χ2v) is 3.95. The summed E-state index contributed by atoms with van der Waals surface area (Å²) >= 11 is 0. The summed E-state index contributed by atoms with van der Waals surface area (Å²) in [5.74, 6) is 2.39. The van der Waals surface area contributed by atoms with Gasteiger partial charge in [0, 0.05) is 6.54 Å². The van der Waals surface area contributed by atoms with Gasteiger partial charge in [0.15, 0.2) is 0 Å². The fraction of sp³-hybridized carbons (Fsp3) is 0.308. The summed E-state index contributed by atoms with van der Waals surface area (Å²) in [6, 6.07) is 7.96. The summed E-state index contributed by atoms with van der Waals surface area (Å²) in [5.41, 5.74) is 6.97. The molecule has 90 valence electrons. The number of aromatic nitrogens is 2. The van der Waals surface area contributed by atoms with Crippen LogP contribution in [-0.4, -0.2) is 9.55 Å². The molecule has 4 heteroatoms. The molecular formula is C13H17N3O. The van der Waals surface area contributed by atoms with Crippen molar-refractivity contribution in [3.8, 4) is 5.75 Å². The molecule has 0 amide bonds. The Hall–Kier alpha value is -1.97. The highest BCUT2D eigenvalue weighted by atomic mass is 16.5. The SMILES string of the molecule is CCn1c(N)cnc1COc1cccc(C)c1. The number of aryl methyl sites for hydroxylation is 1. The van der Waals surface area contributed by atoms with E-state index in [1.165, 1.54) is 5.56 Å². The Bertz CT molecular complexity index is 505. The molecule has 0 radical (unpaired) electrons. The summed E-state index contributed by atoms with van der Waals surface area (Å²) in [6.07, 6.45) is 1.67. The van der Waals surface area contributed by atoms with E-state index in [-0.39, 0.29) is 0 Å². The van der Waals surface area contributed by atoms with Gasteiger partial charge in [0.2, 0.25) is 0 Å². The highest BCUT2D eigenvalue weighted by Gasteiger charge is 2.06. The van der Waals surface area contributed by atoms with E-state index in [9.17, 15) is 0 Å². The highest BCUT2D eigenvalue weighted by Crippen LogP contribution is 2.15. The van der Waals surface area contributed by atoms with Crippen LogP contribution in [0.4, 0.5) is 5.82 Å². The third kappa shape index (κ3) is 2.58. The molecule has 2 aromatic rings. The lowest BCUT2D eigenvalue weighted by atomic mass is 10.2. The lowest BCUT2D eigenvalue weighted by Gasteiger charge is -2.09. The molecule has 2 rings (SSSR count). The van der Waals surface area contributed by atoms with Gasteiger partial charge in [0.05, 0.1) is 6.20 Å². The minimum atomic E-state index is 0.439. The Balaban J connectivity index is 2.07. The van der Waals surface area contributed by atoms with Crippen LogP contribution in [0, 0.1) is 6.92 Å². The Kier molecular flexibility index (Phi) is 3.32. The van der Waals surface area contributed by atoms with Gasteiger partial charge in [-0.3, -0.25) is 0 Å². The number of nitrogens with two attached hydrogens (primary N) is 1. The number of rotatable bonds is 4. The topological polar surface area (TPSA) is 53.1 Å². The number of nitrogens with zero attached hydrogens (tertiary/aromatic N) is 2. The molecule has 1 heterocycles. The molecule has 0 aliphatic carbocycles. The average Bonchev–Trinajstić information content (AvgIpc) is 2.67. The molecule has 0 aliphatic rings. The van der Waals surface area contributed by atoms with Gasteiger partial charge in [0.1, 0.15) is 24.0 Å². The summed E-state index contributed by atoms with van der Waals surface area (Å²) in [5, 5.41) is 0. The number of ether oxygens (including phenoxy) is 1. The maximum absolute atomic E-state index is 5.79. The fourth-order valence-electron chi connectivity index (χ4n) is 1.76. The van der Waals surface area contributed by atoms with Crippen LogP contribution >= 0.6 is 0 Å². The van der Waals surface area contributed by atoms with E-state index < -0.39 is 0 Å². The second-order valence-electron chi connectivity index (χ2n) is 3.95. The van der Waals surface area contributed by atoms with Gasteiger partial charge < -0.3 is 15.0 Å². The smallest absolute Gasteiger partial charge is 0.148 e. The van der Waals surface area contributed by atoms with Crippen molar-refractivity contribution in [3.63, 3.8) is 0 Å². The van der Waals surface area contributed by atoms with Crippen LogP contribution < -0.4 is 10.5 Å². The normalized spacial score (nSPS) is 10.5. The molecule has 0 unspecified atom stereocenters. The largest absolute Gasteiger partial charge is 0.486 e. The first-order valence-corrected chi connectivity index (χ1v) is 5.70. The van der Waals surface area contributed by atoms with Crippen molar-refractivity contribution in [2.45, 2.75) is 27.0 Å². The number of anilines is 1. The first-order valence-electron chi connectivity index (χ1n) is 5.70. The van der Waals surface area contributed by atoms with Gasteiger partial charge in [0.25, 0.3) is 0 Å². The summed E-state index contributed by atoms with van der Waals surface area (Å²) in [7, 11) is 0. The van der Waals surface area contributed by atoms with Gasteiger partial charge >= 0.3 is 0 Å². The Labute approximate surface area is 101 Å². The van der Waals surface area contributed by atoms with Gasteiger partial charge in [-0.1, -0.05) is 12.1 Å². The summed E-state index contributed by atoms with van der Waals surface area (Å²) in [4.78, 5) is 4.24. The van der Waals surface area contributed by atoms with Gasteiger partial charge in [-0.2, -0.15) is 0 Å². The molecule has 2 N–H and O–H groups in total. The Morgan fingerprint density at radius 1 is 1.41 bits per heavy atom.